The van der Waals surface area contributed by atoms with Crippen LogP contribution in [0.4, 0.5) is 11.6 Å². The quantitative estimate of drug-likeness (QED) is 0.487. The van der Waals surface area contributed by atoms with E-state index >= 15 is 0 Å². The van der Waals surface area contributed by atoms with Crippen LogP contribution < -0.4 is 5.63 Å². The fourth-order valence-corrected chi connectivity index (χ4v) is 4.65. The summed E-state index contributed by atoms with van der Waals surface area (Å²) in [6.07, 6.45) is 0.348. The van der Waals surface area contributed by atoms with E-state index in [2.05, 4.69) is 4.99 Å². The lowest BCUT2D eigenvalue weighted by Gasteiger charge is -2.18. The molecule has 0 fully saturated rings. The minimum Gasteiger partial charge on any atom is -0.507 e. The molecular weight excluding hydrogens is 392 g/mol. The zero-order chi connectivity index (χ0) is 20.5. The standard InChI is InChI=1S/C21H16N2O5S/c1-12-6-2-3-7-13(12)18-10-15(22-14-8-4-5-9-17(14)29-18)20-16(24)11-19(23(26)27)28-21(20)25/h2-9,11,18,24H,10H2,1H3. The van der Waals surface area contributed by atoms with Crippen molar-refractivity contribution in [1.82, 2.24) is 0 Å². The van der Waals surface area contributed by atoms with Crippen molar-refractivity contribution in [1.29, 1.82) is 0 Å². The molecule has 1 aliphatic heterocycles. The molecule has 2 heterocycles. The molecule has 0 spiro atoms. The molecule has 29 heavy (non-hydrogen) atoms. The lowest BCUT2D eigenvalue weighted by molar-refractivity contribution is -0.403. The van der Waals surface area contributed by atoms with Crippen molar-refractivity contribution in [2.24, 2.45) is 4.99 Å². The van der Waals surface area contributed by atoms with Crippen LogP contribution in [0.15, 0.2) is 73.7 Å². The van der Waals surface area contributed by atoms with Crippen LogP contribution in [0.25, 0.3) is 0 Å². The Morgan fingerprint density at radius 1 is 1.21 bits per heavy atom. The average Bonchev–Trinajstić information content (AvgIpc) is 2.87. The number of thioether (sulfide) groups is 1. The second-order valence-electron chi connectivity index (χ2n) is 6.58. The molecule has 4 rings (SSSR count). The number of nitro groups is 1. The molecule has 0 saturated heterocycles. The molecular formula is C21H16N2O5S. The van der Waals surface area contributed by atoms with E-state index in [0.29, 0.717) is 17.8 Å². The first-order valence-electron chi connectivity index (χ1n) is 8.84. The average molecular weight is 408 g/mol. The van der Waals surface area contributed by atoms with E-state index in [0.717, 1.165) is 22.1 Å². The van der Waals surface area contributed by atoms with Crippen LogP contribution in [-0.4, -0.2) is 15.7 Å². The highest BCUT2D eigenvalue weighted by Crippen LogP contribution is 2.46. The van der Waals surface area contributed by atoms with Gasteiger partial charge in [-0.25, -0.2) is 4.79 Å². The zero-order valence-corrected chi connectivity index (χ0v) is 16.2. The van der Waals surface area contributed by atoms with Crippen molar-refractivity contribution in [3.63, 3.8) is 0 Å². The summed E-state index contributed by atoms with van der Waals surface area (Å²) in [4.78, 5) is 28.1. The number of hydrogen-bond donors (Lipinski definition) is 1. The molecule has 3 aromatic rings. The Balaban J connectivity index is 1.89. The van der Waals surface area contributed by atoms with Crippen molar-refractivity contribution in [2.75, 3.05) is 0 Å². The van der Waals surface area contributed by atoms with Crippen LogP contribution >= 0.6 is 11.8 Å². The number of aliphatic imine (C=N–C) groups is 1. The van der Waals surface area contributed by atoms with Gasteiger partial charge in [0.05, 0.1) is 17.5 Å². The van der Waals surface area contributed by atoms with Crippen LogP contribution in [-0.2, 0) is 0 Å². The van der Waals surface area contributed by atoms with E-state index in [1.54, 1.807) is 11.8 Å². The minimum absolute atomic E-state index is 0.0624. The summed E-state index contributed by atoms with van der Waals surface area (Å²) in [6.45, 7) is 2.02. The Hall–Kier alpha value is -3.39. The van der Waals surface area contributed by atoms with Crippen molar-refractivity contribution < 1.29 is 14.4 Å². The highest BCUT2D eigenvalue weighted by Gasteiger charge is 2.28. The van der Waals surface area contributed by atoms with Gasteiger partial charge in [-0.1, -0.05) is 36.4 Å². The number of nitrogens with zero attached hydrogens (tertiary/aromatic N) is 2. The summed E-state index contributed by atoms with van der Waals surface area (Å²) in [5.74, 6) is -1.32. The van der Waals surface area contributed by atoms with E-state index in [4.69, 9.17) is 4.42 Å². The monoisotopic (exact) mass is 408 g/mol. The van der Waals surface area contributed by atoms with Crippen molar-refractivity contribution in [2.45, 2.75) is 23.5 Å². The van der Waals surface area contributed by atoms with Crippen LogP contribution in [0, 0.1) is 17.0 Å². The molecule has 0 bridgehead atoms. The third-order valence-electron chi connectivity index (χ3n) is 4.69. The van der Waals surface area contributed by atoms with Gasteiger partial charge in [0.25, 0.3) is 0 Å². The van der Waals surface area contributed by atoms with E-state index in [1.165, 1.54) is 0 Å². The second kappa shape index (κ2) is 7.56. The molecule has 2 aromatic carbocycles. The number of aromatic hydroxyl groups is 1. The zero-order valence-electron chi connectivity index (χ0n) is 15.4. The van der Waals surface area contributed by atoms with Gasteiger partial charge in [-0.05, 0) is 30.2 Å². The lowest BCUT2D eigenvalue weighted by Crippen LogP contribution is -2.17. The maximum absolute atomic E-state index is 12.5. The smallest absolute Gasteiger partial charge is 0.439 e. The number of fused-ring (bicyclic) bond motifs is 1. The van der Waals surface area contributed by atoms with Crippen molar-refractivity contribution in [3.05, 3.63) is 91.8 Å². The van der Waals surface area contributed by atoms with Gasteiger partial charge in [0, 0.05) is 16.6 Å². The molecule has 1 aromatic heterocycles. The fraction of sp³-hybridized carbons (Fsp3) is 0.143. The number of para-hydroxylation sites is 1. The highest BCUT2D eigenvalue weighted by molar-refractivity contribution is 7.99. The van der Waals surface area contributed by atoms with E-state index in [1.807, 2.05) is 55.5 Å². The minimum atomic E-state index is -0.983. The molecule has 0 saturated carbocycles. The Labute approximate surface area is 169 Å². The highest BCUT2D eigenvalue weighted by atomic mass is 32.2. The predicted molar refractivity (Wildman–Crippen MR) is 110 cm³/mol. The normalized spacial score (nSPS) is 15.9. The summed E-state index contributed by atoms with van der Waals surface area (Å²) in [7, 11) is 0. The molecule has 1 atom stereocenters. The number of benzene rings is 2. The summed E-state index contributed by atoms with van der Waals surface area (Å²) in [6, 6.07) is 16.3. The van der Waals surface area contributed by atoms with Crippen molar-refractivity contribution >= 4 is 29.0 Å². The fourth-order valence-electron chi connectivity index (χ4n) is 3.32. The number of aryl methyl sites for hydroxylation is 1. The van der Waals surface area contributed by atoms with Gasteiger partial charge in [0.1, 0.15) is 16.2 Å². The summed E-state index contributed by atoms with van der Waals surface area (Å²) in [5, 5.41) is 21.2. The van der Waals surface area contributed by atoms with Gasteiger partial charge in [0.15, 0.2) is 0 Å². The van der Waals surface area contributed by atoms with Crippen LogP contribution in [0.5, 0.6) is 5.75 Å². The van der Waals surface area contributed by atoms with E-state index < -0.39 is 22.2 Å². The molecule has 8 heteroatoms. The molecule has 146 valence electrons. The Morgan fingerprint density at radius 3 is 2.66 bits per heavy atom. The topological polar surface area (TPSA) is 106 Å². The van der Waals surface area contributed by atoms with Gasteiger partial charge in [-0.2, -0.15) is 0 Å². The lowest BCUT2D eigenvalue weighted by atomic mass is 9.99. The first kappa shape index (κ1) is 18.9. The molecule has 1 unspecified atom stereocenters. The van der Waals surface area contributed by atoms with Crippen LogP contribution in [0.1, 0.15) is 28.4 Å². The first-order valence-corrected chi connectivity index (χ1v) is 9.72. The number of hydrogen-bond acceptors (Lipinski definition) is 7. The summed E-state index contributed by atoms with van der Waals surface area (Å²) in [5.41, 5.74) is 2.06. The van der Waals surface area contributed by atoms with Gasteiger partial charge >= 0.3 is 11.5 Å². The Bertz CT molecular complexity index is 1200. The molecule has 0 radical (unpaired) electrons. The van der Waals surface area contributed by atoms with Gasteiger partial charge < -0.3 is 9.52 Å². The Morgan fingerprint density at radius 2 is 1.93 bits per heavy atom. The molecule has 1 N–H and O–H groups in total. The predicted octanol–water partition coefficient (Wildman–Crippen LogP) is 4.92. The molecule has 0 aliphatic carbocycles. The van der Waals surface area contributed by atoms with E-state index in [-0.39, 0.29) is 10.8 Å². The summed E-state index contributed by atoms with van der Waals surface area (Å²) < 4.78 is 4.80. The van der Waals surface area contributed by atoms with Crippen LogP contribution in [0.2, 0.25) is 0 Å². The van der Waals surface area contributed by atoms with Gasteiger partial charge in [0.2, 0.25) is 0 Å². The largest absolute Gasteiger partial charge is 0.507 e. The molecule has 7 nitrogen and oxygen atoms in total. The first-order chi connectivity index (χ1) is 13.9. The maximum atomic E-state index is 12.5. The SMILES string of the molecule is Cc1ccccc1C1CC(c2c(O)cc([N+](=O)[O-])oc2=O)=Nc2ccccc2S1. The van der Waals surface area contributed by atoms with Gasteiger partial charge in [-0.3, -0.25) is 15.1 Å². The molecule has 0 amide bonds. The third-order valence-corrected chi connectivity index (χ3v) is 5.99. The number of rotatable bonds is 3. The van der Waals surface area contributed by atoms with Crippen LogP contribution in [0.3, 0.4) is 0 Å². The van der Waals surface area contributed by atoms with E-state index in [9.17, 15) is 20.0 Å². The Kier molecular flexibility index (Phi) is 4.94. The van der Waals surface area contributed by atoms with Gasteiger partial charge in [-0.15, -0.1) is 11.8 Å². The maximum Gasteiger partial charge on any atom is 0.439 e. The van der Waals surface area contributed by atoms with Crippen molar-refractivity contribution in [3.8, 4) is 5.75 Å². The second-order valence-corrected chi connectivity index (χ2v) is 7.83. The third kappa shape index (κ3) is 3.66. The summed E-state index contributed by atoms with van der Waals surface area (Å²) >= 11 is 1.63. The molecule has 1 aliphatic rings.